The van der Waals surface area contributed by atoms with Crippen molar-refractivity contribution in [2.75, 3.05) is 6.54 Å². The second-order valence-corrected chi connectivity index (χ2v) is 3.26. The SMILES string of the molecule is NCC(c1ccc(Cl)c(F)c1)C(F)F. The monoisotopic (exact) mass is 223 g/mol. The number of nitrogens with two attached hydrogens (primary N) is 1. The molecule has 2 N–H and O–H groups in total. The zero-order valence-corrected chi connectivity index (χ0v) is 7.94. The van der Waals surface area contributed by atoms with Crippen LogP contribution >= 0.6 is 11.6 Å². The Balaban J connectivity index is 3.00. The fourth-order valence-corrected chi connectivity index (χ4v) is 1.24. The van der Waals surface area contributed by atoms with Crippen LogP contribution in [0.15, 0.2) is 18.2 Å². The average Bonchev–Trinajstić information content (AvgIpc) is 2.11. The Morgan fingerprint density at radius 2 is 2.00 bits per heavy atom. The van der Waals surface area contributed by atoms with Gasteiger partial charge in [0.1, 0.15) is 5.82 Å². The molecule has 0 amide bonds. The van der Waals surface area contributed by atoms with Crippen molar-refractivity contribution in [1.29, 1.82) is 0 Å². The Labute approximate surface area is 84.7 Å². The maximum Gasteiger partial charge on any atom is 0.246 e. The Bertz CT molecular complexity index is 317. The van der Waals surface area contributed by atoms with Gasteiger partial charge in [-0.15, -0.1) is 0 Å². The van der Waals surface area contributed by atoms with Crippen molar-refractivity contribution in [2.45, 2.75) is 12.3 Å². The second kappa shape index (κ2) is 4.66. The third kappa shape index (κ3) is 2.39. The van der Waals surface area contributed by atoms with Crippen LogP contribution in [0.25, 0.3) is 0 Å². The Hall–Kier alpha value is -0.740. The number of hydrogen-bond acceptors (Lipinski definition) is 1. The smallest absolute Gasteiger partial charge is 0.246 e. The second-order valence-electron chi connectivity index (χ2n) is 2.85. The van der Waals surface area contributed by atoms with Crippen molar-refractivity contribution >= 4 is 11.6 Å². The summed E-state index contributed by atoms with van der Waals surface area (Å²) in [5.74, 6) is -1.84. The van der Waals surface area contributed by atoms with Crippen molar-refractivity contribution in [2.24, 2.45) is 5.73 Å². The number of halogens is 4. The summed E-state index contributed by atoms with van der Waals surface area (Å²) >= 11 is 5.41. The molecule has 0 fully saturated rings. The van der Waals surface area contributed by atoms with Gasteiger partial charge >= 0.3 is 0 Å². The number of benzene rings is 1. The van der Waals surface area contributed by atoms with Gasteiger partial charge in [-0.05, 0) is 17.7 Å². The van der Waals surface area contributed by atoms with Crippen LogP contribution in [-0.2, 0) is 0 Å². The first-order valence-corrected chi connectivity index (χ1v) is 4.37. The molecule has 1 atom stereocenters. The predicted molar refractivity (Wildman–Crippen MR) is 49.2 cm³/mol. The molecule has 0 bridgehead atoms. The van der Waals surface area contributed by atoms with E-state index in [1.807, 2.05) is 0 Å². The van der Waals surface area contributed by atoms with Crippen LogP contribution in [0.3, 0.4) is 0 Å². The maximum absolute atomic E-state index is 12.9. The highest BCUT2D eigenvalue weighted by molar-refractivity contribution is 6.30. The summed E-state index contributed by atoms with van der Waals surface area (Å²) < 4.78 is 37.7. The van der Waals surface area contributed by atoms with Crippen LogP contribution in [-0.4, -0.2) is 13.0 Å². The van der Waals surface area contributed by atoms with Crippen molar-refractivity contribution in [3.63, 3.8) is 0 Å². The van der Waals surface area contributed by atoms with Crippen LogP contribution in [0, 0.1) is 5.82 Å². The molecule has 1 aromatic carbocycles. The third-order valence-corrected chi connectivity index (χ3v) is 2.24. The van der Waals surface area contributed by atoms with Crippen LogP contribution in [0.1, 0.15) is 11.5 Å². The van der Waals surface area contributed by atoms with Gasteiger partial charge in [-0.1, -0.05) is 17.7 Å². The van der Waals surface area contributed by atoms with E-state index in [2.05, 4.69) is 0 Å². The molecule has 1 unspecified atom stereocenters. The highest BCUT2D eigenvalue weighted by Crippen LogP contribution is 2.25. The number of rotatable bonds is 3. The summed E-state index contributed by atoms with van der Waals surface area (Å²) in [6, 6.07) is 3.60. The Morgan fingerprint density at radius 1 is 1.36 bits per heavy atom. The zero-order chi connectivity index (χ0) is 10.7. The topological polar surface area (TPSA) is 26.0 Å². The summed E-state index contributed by atoms with van der Waals surface area (Å²) in [4.78, 5) is 0. The van der Waals surface area contributed by atoms with Crippen molar-refractivity contribution in [1.82, 2.24) is 0 Å². The van der Waals surface area contributed by atoms with Crippen LogP contribution in [0.4, 0.5) is 13.2 Å². The molecule has 1 aromatic rings. The fourth-order valence-electron chi connectivity index (χ4n) is 1.13. The Kier molecular flexibility index (Phi) is 3.77. The van der Waals surface area contributed by atoms with Crippen molar-refractivity contribution in [3.05, 3.63) is 34.6 Å². The lowest BCUT2D eigenvalue weighted by Crippen LogP contribution is -2.19. The van der Waals surface area contributed by atoms with Gasteiger partial charge in [0.2, 0.25) is 6.43 Å². The Morgan fingerprint density at radius 3 is 2.43 bits per heavy atom. The van der Waals surface area contributed by atoms with Crippen molar-refractivity contribution < 1.29 is 13.2 Å². The van der Waals surface area contributed by atoms with E-state index in [0.717, 1.165) is 6.07 Å². The molecule has 0 aliphatic carbocycles. The summed E-state index contributed by atoms with van der Waals surface area (Å²) in [5.41, 5.74) is 5.33. The van der Waals surface area contributed by atoms with Gasteiger partial charge in [0.15, 0.2) is 0 Å². The third-order valence-electron chi connectivity index (χ3n) is 1.93. The summed E-state index contributed by atoms with van der Waals surface area (Å²) in [5, 5.41) is -0.0845. The lowest BCUT2D eigenvalue weighted by Gasteiger charge is -2.13. The molecule has 1 nitrogen and oxygen atoms in total. The standard InChI is InChI=1S/C9H9ClF3N/c10-7-2-1-5(3-8(7)11)6(4-14)9(12)13/h1-3,6,9H,4,14H2. The van der Waals surface area contributed by atoms with E-state index >= 15 is 0 Å². The summed E-state index contributed by atoms with van der Waals surface area (Å²) in [7, 11) is 0. The molecule has 5 heteroatoms. The number of alkyl halides is 2. The van der Waals surface area contributed by atoms with Gasteiger partial charge in [0.25, 0.3) is 0 Å². The van der Waals surface area contributed by atoms with Gasteiger partial charge in [0.05, 0.1) is 10.9 Å². The largest absolute Gasteiger partial charge is 0.330 e. The predicted octanol–water partition coefficient (Wildman–Crippen LogP) is 2.79. The molecule has 0 spiro atoms. The van der Waals surface area contributed by atoms with Gasteiger partial charge < -0.3 is 5.73 Å². The molecule has 0 aliphatic heterocycles. The van der Waals surface area contributed by atoms with E-state index in [1.54, 1.807) is 0 Å². The molecule has 78 valence electrons. The lowest BCUT2D eigenvalue weighted by atomic mass is 10.00. The van der Waals surface area contributed by atoms with E-state index in [0.29, 0.717) is 0 Å². The normalized spacial score (nSPS) is 13.3. The first-order valence-electron chi connectivity index (χ1n) is 3.99. The number of hydrogen-bond donors (Lipinski definition) is 1. The van der Waals surface area contributed by atoms with Gasteiger partial charge in [-0.2, -0.15) is 0 Å². The maximum atomic E-state index is 12.9. The molecule has 0 heterocycles. The average molecular weight is 224 g/mol. The minimum Gasteiger partial charge on any atom is -0.330 e. The van der Waals surface area contributed by atoms with E-state index in [4.69, 9.17) is 17.3 Å². The van der Waals surface area contributed by atoms with E-state index in [1.165, 1.54) is 12.1 Å². The van der Waals surface area contributed by atoms with E-state index < -0.39 is 18.2 Å². The van der Waals surface area contributed by atoms with Crippen LogP contribution in [0.2, 0.25) is 5.02 Å². The quantitative estimate of drug-likeness (QED) is 0.838. The molecule has 14 heavy (non-hydrogen) atoms. The highest BCUT2D eigenvalue weighted by atomic mass is 35.5. The van der Waals surface area contributed by atoms with Gasteiger partial charge in [-0.3, -0.25) is 0 Å². The van der Waals surface area contributed by atoms with Crippen molar-refractivity contribution in [3.8, 4) is 0 Å². The lowest BCUT2D eigenvalue weighted by molar-refractivity contribution is 0.117. The zero-order valence-electron chi connectivity index (χ0n) is 7.18. The van der Waals surface area contributed by atoms with Crippen LogP contribution in [0.5, 0.6) is 0 Å². The summed E-state index contributed by atoms with van der Waals surface area (Å²) in [6.07, 6.45) is -2.60. The molecule has 0 saturated carbocycles. The van der Waals surface area contributed by atoms with E-state index in [-0.39, 0.29) is 17.1 Å². The fraction of sp³-hybridized carbons (Fsp3) is 0.333. The highest BCUT2D eigenvalue weighted by Gasteiger charge is 2.21. The van der Waals surface area contributed by atoms with E-state index in [9.17, 15) is 13.2 Å². The molecule has 1 rings (SSSR count). The summed E-state index contributed by atoms with van der Waals surface area (Å²) in [6.45, 7) is -0.223. The molecule has 0 radical (unpaired) electrons. The minimum absolute atomic E-state index is 0.0845. The van der Waals surface area contributed by atoms with Crippen LogP contribution < -0.4 is 5.73 Å². The molecular formula is C9H9ClF3N. The first-order chi connectivity index (χ1) is 6.56. The van der Waals surface area contributed by atoms with Gasteiger partial charge in [-0.25, -0.2) is 13.2 Å². The molecule has 0 aliphatic rings. The molecular weight excluding hydrogens is 215 g/mol. The molecule has 0 aromatic heterocycles. The van der Waals surface area contributed by atoms with Gasteiger partial charge in [0, 0.05) is 6.54 Å². The molecule has 0 saturated heterocycles. The minimum atomic E-state index is -2.60. The first kappa shape index (κ1) is 11.3.